The third-order valence-electron chi connectivity index (χ3n) is 7.47. The molecule has 4 rings (SSSR count). The second-order valence-corrected chi connectivity index (χ2v) is 10.7. The van der Waals surface area contributed by atoms with Gasteiger partial charge in [-0.25, -0.2) is 14.2 Å². The highest BCUT2D eigenvalue weighted by molar-refractivity contribution is 7.11. The summed E-state index contributed by atoms with van der Waals surface area (Å²) < 4.78 is 21.0. The second-order valence-electron chi connectivity index (χ2n) is 9.80. The van der Waals surface area contributed by atoms with Crippen molar-refractivity contribution >= 4 is 29.0 Å². The predicted molar refractivity (Wildman–Crippen MR) is 134 cm³/mol. The Morgan fingerprint density at radius 2 is 2.26 bits per heavy atom. The van der Waals surface area contributed by atoms with E-state index < -0.39 is 11.6 Å². The second kappa shape index (κ2) is 11.2. The van der Waals surface area contributed by atoms with Gasteiger partial charge in [-0.2, -0.15) is 0 Å². The standard InChI is InChI=1S/C25H36FN5O3S/c1-4-34-23(32)18(14-29-21(27-3)22-28-9-12-35-22)7-10-30-11-8-25(26)19(15-30)16-31(24(25)33)20-6-5-17(2)13-20/h7,9,12,17,19-20H,4-6,8,10-11,13-16H2,1-3H3,(H,27,29)/b18-7-. The van der Waals surface area contributed by atoms with Gasteiger partial charge in [0.25, 0.3) is 5.91 Å². The van der Waals surface area contributed by atoms with Gasteiger partial charge < -0.3 is 15.0 Å². The number of amidine groups is 1. The van der Waals surface area contributed by atoms with Crippen molar-refractivity contribution in [3.05, 3.63) is 28.2 Å². The summed E-state index contributed by atoms with van der Waals surface area (Å²) in [6, 6.07) is 0.177. The summed E-state index contributed by atoms with van der Waals surface area (Å²) in [5.74, 6) is 0.162. The van der Waals surface area contributed by atoms with E-state index in [-0.39, 0.29) is 37.4 Å². The van der Waals surface area contributed by atoms with Gasteiger partial charge in [-0.05, 0) is 32.1 Å². The van der Waals surface area contributed by atoms with E-state index in [4.69, 9.17) is 4.74 Å². The summed E-state index contributed by atoms with van der Waals surface area (Å²) in [6.45, 7) is 6.35. The highest BCUT2D eigenvalue weighted by Gasteiger charge is 2.58. The lowest BCUT2D eigenvalue weighted by molar-refractivity contribution is -0.142. The maximum atomic E-state index is 15.8. The summed E-state index contributed by atoms with van der Waals surface area (Å²) in [7, 11) is 1.77. The molecule has 4 atom stereocenters. The summed E-state index contributed by atoms with van der Waals surface area (Å²) >= 11 is 1.46. The Hall–Kier alpha value is -2.33. The van der Waals surface area contributed by atoms with Gasteiger partial charge in [0.2, 0.25) is 0 Å². The lowest BCUT2D eigenvalue weighted by Gasteiger charge is -2.36. The molecule has 35 heavy (non-hydrogen) atoms. The highest BCUT2D eigenvalue weighted by Crippen LogP contribution is 2.43. The molecule has 1 aliphatic carbocycles. The molecular weight excluding hydrogens is 469 g/mol. The fourth-order valence-corrected chi connectivity index (χ4v) is 6.14. The maximum absolute atomic E-state index is 15.8. The van der Waals surface area contributed by atoms with E-state index in [1.54, 1.807) is 20.2 Å². The number of ether oxygens (including phenoxy) is 1. The number of piperidine rings is 1. The summed E-state index contributed by atoms with van der Waals surface area (Å²) in [6.07, 6.45) is 6.78. The molecule has 8 nitrogen and oxygen atoms in total. The Balaban J connectivity index is 1.42. The molecule has 1 N–H and O–H groups in total. The molecule has 0 radical (unpaired) electrons. The molecule has 1 aromatic rings. The van der Waals surface area contributed by atoms with Crippen LogP contribution in [0.3, 0.4) is 0 Å². The fourth-order valence-electron chi connectivity index (χ4n) is 5.49. The number of hydrogen-bond donors (Lipinski definition) is 1. The number of carbonyl (C=O) groups excluding carboxylic acids is 2. The zero-order valence-corrected chi connectivity index (χ0v) is 21.7. The number of amides is 1. The number of nitrogens with zero attached hydrogens (tertiary/aromatic N) is 4. The van der Waals surface area contributed by atoms with Crippen LogP contribution in [0.15, 0.2) is 28.2 Å². The first kappa shape index (κ1) is 25.8. The molecule has 1 aromatic heterocycles. The van der Waals surface area contributed by atoms with Crippen molar-refractivity contribution < 1.29 is 18.7 Å². The van der Waals surface area contributed by atoms with Gasteiger partial charge in [0, 0.05) is 63.2 Å². The quantitative estimate of drug-likeness (QED) is 0.253. The molecular formula is C25H36FN5O3S. The topological polar surface area (TPSA) is 87.1 Å². The first-order valence-electron chi connectivity index (χ1n) is 12.6. The minimum absolute atomic E-state index is 0.158. The summed E-state index contributed by atoms with van der Waals surface area (Å²) in [5, 5.41) is 5.65. The predicted octanol–water partition coefficient (Wildman–Crippen LogP) is 2.66. The zero-order chi connectivity index (χ0) is 25.0. The number of aliphatic imine (C=N–C) groups is 1. The smallest absolute Gasteiger partial charge is 0.335 e. The van der Waals surface area contributed by atoms with E-state index in [1.807, 2.05) is 16.4 Å². The molecule has 3 aliphatic rings. The van der Waals surface area contributed by atoms with Crippen LogP contribution in [-0.2, 0) is 14.3 Å². The largest absolute Gasteiger partial charge is 0.463 e. The number of fused-ring (bicyclic) bond motifs is 1. The van der Waals surface area contributed by atoms with Crippen LogP contribution in [0.1, 0.15) is 44.5 Å². The van der Waals surface area contributed by atoms with Gasteiger partial charge >= 0.3 is 5.97 Å². The SMILES string of the molecule is CCOC(=O)/C(=C\CN1CCC2(F)C(=O)N(C3CCC(C)C3)CC2C1)C/N=C(\NC)c1nccs1. The average molecular weight is 506 g/mol. The molecule has 4 unspecified atom stereocenters. The number of nitrogens with one attached hydrogen (secondary N) is 1. The number of rotatable bonds is 8. The summed E-state index contributed by atoms with van der Waals surface area (Å²) in [5.41, 5.74) is -1.30. The summed E-state index contributed by atoms with van der Waals surface area (Å²) in [4.78, 5) is 38.3. The molecule has 2 aliphatic heterocycles. The van der Waals surface area contributed by atoms with Crippen LogP contribution in [-0.4, -0.2) is 90.6 Å². The van der Waals surface area contributed by atoms with E-state index in [9.17, 15) is 9.59 Å². The first-order chi connectivity index (χ1) is 16.9. The van der Waals surface area contributed by atoms with Crippen LogP contribution >= 0.6 is 11.3 Å². The molecule has 3 fully saturated rings. The Morgan fingerprint density at radius 1 is 1.43 bits per heavy atom. The molecule has 0 bridgehead atoms. The van der Waals surface area contributed by atoms with Crippen LogP contribution < -0.4 is 5.32 Å². The molecule has 10 heteroatoms. The molecule has 1 saturated carbocycles. The van der Waals surface area contributed by atoms with E-state index in [1.165, 1.54) is 11.3 Å². The molecule has 2 saturated heterocycles. The maximum Gasteiger partial charge on any atom is 0.335 e. The number of esters is 1. The molecule has 192 valence electrons. The van der Waals surface area contributed by atoms with Crippen LogP contribution in [0.5, 0.6) is 0 Å². The average Bonchev–Trinajstić information content (AvgIpc) is 3.57. The number of aromatic nitrogens is 1. The van der Waals surface area contributed by atoms with E-state index in [0.717, 1.165) is 24.3 Å². The number of likely N-dealkylation sites (tertiary alicyclic amines) is 2. The van der Waals surface area contributed by atoms with Gasteiger partial charge in [0.05, 0.1) is 18.7 Å². The van der Waals surface area contributed by atoms with E-state index in [0.29, 0.717) is 43.5 Å². The van der Waals surface area contributed by atoms with Gasteiger partial charge in [-0.15, -0.1) is 11.3 Å². The van der Waals surface area contributed by atoms with Crippen LogP contribution in [0.25, 0.3) is 0 Å². The van der Waals surface area contributed by atoms with Gasteiger partial charge in [-0.3, -0.25) is 14.7 Å². The highest BCUT2D eigenvalue weighted by atomic mass is 32.1. The normalized spacial score (nSPS) is 30.0. The number of carbonyl (C=O) groups is 2. The third-order valence-corrected chi connectivity index (χ3v) is 8.25. The third kappa shape index (κ3) is 5.58. The Morgan fingerprint density at radius 3 is 2.91 bits per heavy atom. The zero-order valence-electron chi connectivity index (χ0n) is 20.8. The lowest BCUT2D eigenvalue weighted by atomic mass is 9.85. The number of hydrogen-bond acceptors (Lipinski definition) is 7. The van der Waals surface area contributed by atoms with Gasteiger partial charge in [0.15, 0.2) is 16.5 Å². The van der Waals surface area contributed by atoms with Crippen molar-refractivity contribution in [1.82, 2.24) is 20.1 Å². The number of halogens is 1. The molecule has 0 aromatic carbocycles. The fraction of sp³-hybridized carbons (Fsp3) is 0.680. The van der Waals surface area contributed by atoms with Crippen molar-refractivity contribution in [1.29, 1.82) is 0 Å². The van der Waals surface area contributed by atoms with Crippen LogP contribution in [0.4, 0.5) is 4.39 Å². The lowest BCUT2D eigenvalue weighted by Crippen LogP contribution is -2.51. The minimum atomic E-state index is -1.75. The van der Waals surface area contributed by atoms with Gasteiger partial charge in [-0.1, -0.05) is 13.0 Å². The Labute approximate surface area is 210 Å². The van der Waals surface area contributed by atoms with Gasteiger partial charge in [0.1, 0.15) is 0 Å². The molecule has 0 spiro atoms. The van der Waals surface area contributed by atoms with Crippen molar-refractivity contribution in [2.24, 2.45) is 16.8 Å². The van der Waals surface area contributed by atoms with Crippen molar-refractivity contribution in [2.75, 3.05) is 46.4 Å². The van der Waals surface area contributed by atoms with Crippen LogP contribution in [0.2, 0.25) is 0 Å². The Kier molecular flexibility index (Phi) is 8.21. The number of thiazole rings is 1. The molecule has 1 amide bonds. The monoisotopic (exact) mass is 505 g/mol. The first-order valence-corrected chi connectivity index (χ1v) is 13.4. The van der Waals surface area contributed by atoms with Crippen molar-refractivity contribution in [3.63, 3.8) is 0 Å². The van der Waals surface area contributed by atoms with Crippen molar-refractivity contribution in [3.8, 4) is 0 Å². The van der Waals surface area contributed by atoms with E-state index in [2.05, 4.69) is 27.1 Å². The van der Waals surface area contributed by atoms with Crippen LogP contribution in [0, 0.1) is 11.8 Å². The number of alkyl halides is 1. The molecule has 3 heterocycles. The van der Waals surface area contributed by atoms with E-state index >= 15 is 4.39 Å². The Bertz CT molecular complexity index is 968. The minimum Gasteiger partial charge on any atom is -0.463 e. The van der Waals surface area contributed by atoms with Crippen molar-refractivity contribution in [2.45, 2.75) is 51.2 Å².